The van der Waals surface area contributed by atoms with Crippen molar-refractivity contribution in [1.29, 1.82) is 0 Å². The summed E-state index contributed by atoms with van der Waals surface area (Å²) in [4.78, 5) is 37.7. The van der Waals surface area contributed by atoms with Crippen molar-refractivity contribution in [2.45, 2.75) is 33.2 Å². The molecule has 2 N–H and O–H groups in total. The fourth-order valence-corrected chi connectivity index (χ4v) is 2.40. The van der Waals surface area contributed by atoms with Crippen molar-refractivity contribution in [3.05, 3.63) is 29.8 Å². The number of amides is 2. The largest absolute Gasteiger partial charge is 0.467 e. The first-order chi connectivity index (χ1) is 12.3. The number of aryl methyl sites for hydroxylation is 1. The van der Waals surface area contributed by atoms with Crippen molar-refractivity contribution >= 4 is 23.5 Å². The first-order valence-electron chi connectivity index (χ1n) is 8.69. The summed E-state index contributed by atoms with van der Waals surface area (Å²) < 4.78 is 4.75. The van der Waals surface area contributed by atoms with Crippen LogP contribution in [0.1, 0.15) is 25.8 Å². The van der Waals surface area contributed by atoms with Crippen LogP contribution in [0, 0.1) is 12.8 Å². The summed E-state index contributed by atoms with van der Waals surface area (Å²) in [5.74, 6) is -1.05. The Balaban J connectivity index is 2.50. The number of likely N-dealkylation sites (N-methyl/N-ethyl adjacent to an activating group) is 1. The summed E-state index contributed by atoms with van der Waals surface area (Å²) in [7, 11) is 2.97. The highest BCUT2D eigenvalue weighted by Crippen LogP contribution is 2.10. The van der Waals surface area contributed by atoms with Crippen molar-refractivity contribution in [2.24, 2.45) is 5.92 Å². The fraction of sp³-hybridized carbons (Fsp3) is 0.526. The minimum Gasteiger partial charge on any atom is -0.467 e. The Morgan fingerprint density at radius 2 is 1.69 bits per heavy atom. The second kappa shape index (κ2) is 10.6. The molecule has 0 radical (unpaired) electrons. The molecule has 7 heteroatoms. The molecule has 26 heavy (non-hydrogen) atoms. The maximum absolute atomic E-state index is 12.2. The minimum atomic E-state index is -0.688. The number of carbonyl (C=O) groups excluding carboxylic acids is 3. The smallest absolute Gasteiger partial charge is 0.328 e. The van der Waals surface area contributed by atoms with Gasteiger partial charge in [0.2, 0.25) is 11.8 Å². The third kappa shape index (κ3) is 7.23. The van der Waals surface area contributed by atoms with Gasteiger partial charge in [-0.3, -0.25) is 14.5 Å². The number of benzene rings is 1. The molecule has 0 saturated carbocycles. The molecule has 0 saturated heterocycles. The van der Waals surface area contributed by atoms with E-state index in [-0.39, 0.29) is 30.8 Å². The lowest BCUT2D eigenvalue weighted by molar-refractivity contribution is -0.146. The molecule has 1 aromatic rings. The first-order valence-corrected chi connectivity index (χ1v) is 8.69. The van der Waals surface area contributed by atoms with E-state index >= 15 is 0 Å². The second-order valence-corrected chi connectivity index (χ2v) is 6.54. The lowest BCUT2D eigenvalue weighted by Crippen LogP contribution is -2.49. The highest BCUT2D eigenvalue weighted by atomic mass is 16.5. The predicted molar refractivity (Wildman–Crippen MR) is 101 cm³/mol. The zero-order valence-electron chi connectivity index (χ0n) is 16.2. The van der Waals surface area contributed by atoms with Crippen LogP contribution in [0.5, 0.6) is 0 Å². The van der Waals surface area contributed by atoms with Gasteiger partial charge in [-0.05, 0) is 32.0 Å². The van der Waals surface area contributed by atoms with E-state index in [1.807, 2.05) is 45.0 Å². The Bertz CT molecular complexity index is 616. The molecule has 0 heterocycles. The number of nitrogens with one attached hydrogen (secondary N) is 2. The monoisotopic (exact) mass is 363 g/mol. The summed E-state index contributed by atoms with van der Waals surface area (Å²) in [6.45, 7) is 5.85. The van der Waals surface area contributed by atoms with E-state index < -0.39 is 12.0 Å². The molecule has 1 aromatic carbocycles. The lowest BCUT2D eigenvalue weighted by atomic mass is 9.99. The summed E-state index contributed by atoms with van der Waals surface area (Å²) in [5, 5.41) is 5.47. The van der Waals surface area contributed by atoms with Crippen LogP contribution in [-0.2, 0) is 19.1 Å². The van der Waals surface area contributed by atoms with Crippen molar-refractivity contribution in [3.8, 4) is 0 Å². The highest BCUT2D eigenvalue weighted by molar-refractivity contribution is 5.92. The van der Waals surface area contributed by atoms with Gasteiger partial charge in [-0.15, -0.1) is 0 Å². The molecular weight excluding hydrogens is 334 g/mol. The Morgan fingerprint density at radius 1 is 1.12 bits per heavy atom. The molecule has 0 fully saturated rings. The van der Waals surface area contributed by atoms with Crippen molar-refractivity contribution in [2.75, 3.05) is 32.6 Å². The van der Waals surface area contributed by atoms with Crippen LogP contribution >= 0.6 is 0 Å². The van der Waals surface area contributed by atoms with Gasteiger partial charge in [0.25, 0.3) is 0 Å². The predicted octanol–water partition coefficient (Wildman–Crippen LogP) is 1.57. The zero-order chi connectivity index (χ0) is 19.7. The number of nitrogens with zero attached hydrogens (tertiary/aromatic N) is 1. The first kappa shape index (κ1) is 21.6. The molecule has 0 unspecified atom stereocenters. The number of rotatable bonds is 9. The average Bonchev–Trinajstić information content (AvgIpc) is 2.60. The topological polar surface area (TPSA) is 87.7 Å². The van der Waals surface area contributed by atoms with E-state index in [1.54, 1.807) is 11.9 Å². The SMILES string of the molecule is CC[C@@H](C)[C@@H](NC(=O)CN(C)CC(=O)Nc1ccc(C)cc1)C(=O)OC. The van der Waals surface area contributed by atoms with Gasteiger partial charge in [-0.2, -0.15) is 0 Å². The van der Waals surface area contributed by atoms with Crippen LogP contribution in [0.3, 0.4) is 0 Å². The molecule has 0 aromatic heterocycles. The van der Waals surface area contributed by atoms with Crippen LogP contribution in [0.15, 0.2) is 24.3 Å². The van der Waals surface area contributed by atoms with E-state index in [0.29, 0.717) is 5.69 Å². The number of esters is 1. The van der Waals surface area contributed by atoms with Gasteiger partial charge in [-0.1, -0.05) is 38.0 Å². The number of ether oxygens (including phenoxy) is 1. The lowest BCUT2D eigenvalue weighted by Gasteiger charge is -2.23. The molecule has 2 atom stereocenters. The van der Waals surface area contributed by atoms with Crippen LogP contribution < -0.4 is 10.6 Å². The van der Waals surface area contributed by atoms with E-state index in [2.05, 4.69) is 10.6 Å². The van der Waals surface area contributed by atoms with E-state index in [9.17, 15) is 14.4 Å². The third-order valence-electron chi connectivity index (χ3n) is 4.15. The average molecular weight is 363 g/mol. The normalized spacial score (nSPS) is 13.0. The standard InChI is InChI=1S/C19H29N3O4/c1-6-14(3)18(19(25)26-5)21-17(24)12-22(4)11-16(23)20-15-9-7-13(2)8-10-15/h7-10,14,18H,6,11-12H2,1-5H3,(H,20,23)(H,21,24)/t14-,18-/m1/s1. The second-order valence-electron chi connectivity index (χ2n) is 6.54. The molecule has 1 rings (SSSR count). The molecule has 0 spiro atoms. The maximum atomic E-state index is 12.2. The molecule has 144 valence electrons. The van der Waals surface area contributed by atoms with Gasteiger partial charge in [0.05, 0.1) is 20.2 Å². The Morgan fingerprint density at radius 3 is 2.23 bits per heavy atom. The van der Waals surface area contributed by atoms with Gasteiger partial charge >= 0.3 is 5.97 Å². The van der Waals surface area contributed by atoms with E-state index in [1.165, 1.54) is 7.11 Å². The Kier molecular flexibility index (Phi) is 8.78. The molecule has 0 aliphatic heterocycles. The fourth-order valence-electron chi connectivity index (χ4n) is 2.40. The number of carbonyl (C=O) groups is 3. The molecule has 0 bridgehead atoms. The Labute approximate surface area is 155 Å². The van der Waals surface area contributed by atoms with E-state index in [4.69, 9.17) is 4.74 Å². The van der Waals surface area contributed by atoms with Crippen molar-refractivity contribution < 1.29 is 19.1 Å². The quantitative estimate of drug-likeness (QED) is 0.650. The zero-order valence-corrected chi connectivity index (χ0v) is 16.2. The maximum Gasteiger partial charge on any atom is 0.328 e. The number of hydrogen-bond donors (Lipinski definition) is 2. The van der Waals surface area contributed by atoms with Crippen LogP contribution in [0.2, 0.25) is 0 Å². The molecule has 0 aliphatic rings. The molecule has 2 amide bonds. The number of anilines is 1. The van der Waals surface area contributed by atoms with Crippen LogP contribution in [0.25, 0.3) is 0 Å². The summed E-state index contributed by atoms with van der Waals surface area (Å²) in [6.07, 6.45) is 0.731. The summed E-state index contributed by atoms with van der Waals surface area (Å²) in [5.41, 5.74) is 1.82. The highest BCUT2D eigenvalue weighted by Gasteiger charge is 2.27. The Hall–Kier alpha value is -2.41. The van der Waals surface area contributed by atoms with Gasteiger partial charge in [0.1, 0.15) is 6.04 Å². The number of hydrogen-bond acceptors (Lipinski definition) is 5. The van der Waals surface area contributed by atoms with Crippen LogP contribution in [-0.4, -0.2) is 56.0 Å². The third-order valence-corrected chi connectivity index (χ3v) is 4.15. The molecular formula is C19H29N3O4. The van der Waals surface area contributed by atoms with Crippen molar-refractivity contribution in [1.82, 2.24) is 10.2 Å². The van der Waals surface area contributed by atoms with Gasteiger partial charge in [-0.25, -0.2) is 4.79 Å². The van der Waals surface area contributed by atoms with Crippen LogP contribution in [0.4, 0.5) is 5.69 Å². The molecule has 7 nitrogen and oxygen atoms in total. The van der Waals surface area contributed by atoms with Gasteiger partial charge in [0, 0.05) is 5.69 Å². The number of methoxy groups -OCH3 is 1. The van der Waals surface area contributed by atoms with Gasteiger partial charge < -0.3 is 15.4 Å². The minimum absolute atomic E-state index is 0.00520. The molecule has 0 aliphatic carbocycles. The summed E-state index contributed by atoms with van der Waals surface area (Å²) in [6, 6.07) is 6.79. The summed E-state index contributed by atoms with van der Waals surface area (Å²) >= 11 is 0. The van der Waals surface area contributed by atoms with Gasteiger partial charge in [0.15, 0.2) is 0 Å². The van der Waals surface area contributed by atoms with E-state index in [0.717, 1.165) is 12.0 Å². The van der Waals surface area contributed by atoms with Crippen molar-refractivity contribution in [3.63, 3.8) is 0 Å².